The molecule has 0 aromatic carbocycles. The molecule has 9 atom stereocenters. The molecule has 4 aliphatic carbocycles. The minimum absolute atomic E-state index is 0.0627. The lowest BCUT2D eigenvalue weighted by molar-refractivity contribution is -0.305. The van der Waals surface area contributed by atoms with E-state index < -0.39 is 11.8 Å². The van der Waals surface area contributed by atoms with Crippen LogP contribution in [0.25, 0.3) is 0 Å². The van der Waals surface area contributed by atoms with E-state index in [0.717, 1.165) is 38.5 Å². The Bertz CT molecular complexity index is 647. The van der Waals surface area contributed by atoms with E-state index in [1.54, 1.807) is 0 Å². The zero-order valence-electron chi connectivity index (χ0n) is 18.3. The number of rotatable bonds is 4. The van der Waals surface area contributed by atoms with Gasteiger partial charge in [-0.15, -0.1) is 0 Å². The van der Waals surface area contributed by atoms with Crippen LogP contribution in [0.4, 0.5) is 0 Å². The Hall–Kier alpha value is -0.650. The van der Waals surface area contributed by atoms with Crippen molar-refractivity contribution < 1.29 is 25.2 Å². The molecular formula is C24H40O5. The van der Waals surface area contributed by atoms with E-state index >= 15 is 0 Å². The highest BCUT2D eigenvalue weighted by Crippen LogP contribution is 2.69. The normalized spacial score (nSPS) is 49.6. The van der Waals surface area contributed by atoms with E-state index in [9.17, 15) is 20.1 Å². The number of carbonyl (C=O) groups is 1. The first-order valence-corrected chi connectivity index (χ1v) is 11.8. The summed E-state index contributed by atoms with van der Waals surface area (Å²) in [5.74, 6) is -0.905. The maximum atomic E-state index is 11.3. The standard InChI is InChI=1S/C24H40O5/c1-14(4-7-20(26)27)17-5-6-18-21-19(9-11-23(17,18)3)22(2)10-8-16(25)12-15(22)13-24(21,28)29/h14-19,21,25,28-29H,4-13H2,1-3H3,(H,26,27)/t14?,15-,16-,17-,18+,19?,21+,22?,23?/m1/s1. The molecule has 166 valence electrons. The van der Waals surface area contributed by atoms with Crippen LogP contribution >= 0.6 is 0 Å². The second-order valence-corrected chi connectivity index (χ2v) is 11.6. The van der Waals surface area contributed by atoms with E-state index in [0.29, 0.717) is 37.0 Å². The molecule has 4 saturated carbocycles. The number of carboxylic acid groups (broad SMARTS) is 1. The quantitative estimate of drug-likeness (QED) is 0.531. The van der Waals surface area contributed by atoms with Crippen LogP contribution in [0.1, 0.15) is 85.0 Å². The zero-order valence-corrected chi connectivity index (χ0v) is 18.3. The van der Waals surface area contributed by atoms with Gasteiger partial charge in [0.1, 0.15) is 0 Å². The molecule has 0 aliphatic heterocycles. The molecule has 5 nitrogen and oxygen atoms in total. The molecule has 4 fully saturated rings. The number of aliphatic hydroxyl groups is 3. The first kappa shape index (κ1) is 21.6. The molecule has 0 heterocycles. The lowest BCUT2D eigenvalue weighted by Crippen LogP contribution is -2.63. The fourth-order valence-corrected chi connectivity index (χ4v) is 8.75. The van der Waals surface area contributed by atoms with Gasteiger partial charge >= 0.3 is 5.97 Å². The molecule has 4 unspecified atom stereocenters. The molecule has 29 heavy (non-hydrogen) atoms. The smallest absolute Gasteiger partial charge is 0.303 e. The largest absolute Gasteiger partial charge is 0.481 e. The van der Waals surface area contributed by atoms with E-state index in [4.69, 9.17) is 5.11 Å². The fraction of sp³-hybridized carbons (Fsp3) is 0.958. The van der Waals surface area contributed by atoms with Crippen molar-refractivity contribution >= 4 is 5.97 Å². The van der Waals surface area contributed by atoms with Crippen LogP contribution in [-0.4, -0.2) is 38.3 Å². The number of aliphatic carboxylic acids is 1. The van der Waals surface area contributed by atoms with Gasteiger partial charge in [0.2, 0.25) is 0 Å². The molecule has 0 aromatic rings. The summed E-state index contributed by atoms with van der Waals surface area (Å²) < 4.78 is 0. The lowest BCUT2D eigenvalue weighted by Gasteiger charge is -2.64. The van der Waals surface area contributed by atoms with Crippen LogP contribution in [0.15, 0.2) is 0 Å². The Morgan fingerprint density at radius 3 is 2.38 bits per heavy atom. The highest BCUT2D eigenvalue weighted by molar-refractivity contribution is 5.66. The van der Waals surface area contributed by atoms with Crippen molar-refractivity contribution in [2.24, 2.45) is 46.3 Å². The maximum Gasteiger partial charge on any atom is 0.303 e. The summed E-state index contributed by atoms with van der Waals surface area (Å²) in [5.41, 5.74) is 0.153. The third-order valence-electron chi connectivity index (χ3n) is 10.3. The average Bonchev–Trinajstić information content (AvgIpc) is 2.98. The van der Waals surface area contributed by atoms with Crippen LogP contribution in [-0.2, 0) is 4.79 Å². The maximum absolute atomic E-state index is 11.3. The Morgan fingerprint density at radius 2 is 1.69 bits per heavy atom. The summed E-state index contributed by atoms with van der Waals surface area (Å²) in [6, 6.07) is 0. The fourth-order valence-electron chi connectivity index (χ4n) is 8.75. The van der Waals surface area contributed by atoms with Crippen molar-refractivity contribution in [1.82, 2.24) is 0 Å². The Labute approximate surface area is 174 Å². The molecule has 4 rings (SSSR count). The van der Waals surface area contributed by atoms with Gasteiger partial charge < -0.3 is 20.4 Å². The first-order chi connectivity index (χ1) is 13.5. The number of fused-ring (bicyclic) bond motifs is 5. The molecule has 0 spiro atoms. The summed E-state index contributed by atoms with van der Waals surface area (Å²) in [4.78, 5) is 11.1. The molecule has 0 radical (unpaired) electrons. The Kier molecular flexibility index (Phi) is 5.36. The van der Waals surface area contributed by atoms with Gasteiger partial charge in [-0.3, -0.25) is 4.79 Å². The monoisotopic (exact) mass is 408 g/mol. The number of hydrogen-bond donors (Lipinski definition) is 4. The number of hydrogen-bond acceptors (Lipinski definition) is 4. The molecule has 4 N–H and O–H groups in total. The SMILES string of the molecule is CC(CCC(=O)O)[C@H]1CC[C@H]2[C@H]3C(CCC12C)C1(C)CC[C@@H](O)C[C@@H]1CC3(O)O. The van der Waals surface area contributed by atoms with Gasteiger partial charge in [0.15, 0.2) is 5.79 Å². The molecule has 0 aromatic heterocycles. The minimum Gasteiger partial charge on any atom is -0.481 e. The van der Waals surface area contributed by atoms with Gasteiger partial charge in [0, 0.05) is 18.8 Å². The van der Waals surface area contributed by atoms with Gasteiger partial charge in [-0.2, -0.15) is 0 Å². The summed E-state index contributed by atoms with van der Waals surface area (Å²) in [6.45, 7) is 6.89. The summed E-state index contributed by atoms with van der Waals surface area (Å²) in [6.07, 6.45) is 7.72. The Morgan fingerprint density at radius 1 is 1.03 bits per heavy atom. The van der Waals surface area contributed by atoms with Gasteiger partial charge in [-0.05, 0) is 91.8 Å². The summed E-state index contributed by atoms with van der Waals surface area (Å²) >= 11 is 0. The van der Waals surface area contributed by atoms with Crippen LogP contribution in [0.2, 0.25) is 0 Å². The van der Waals surface area contributed by atoms with Crippen molar-refractivity contribution in [2.75, 3.05) is 0 Å². The molecule has 0 saturated heterocycles. The van der Waals surface area contributed by atoms with E-state index in [1.807, 2.05) is 0 Å². The predicted octanol–water partition coefficient (Wildman–Crippen LogP) is 3.80. The highest BCUT2D eigenvalue weighted by atomic mass is 16.5. The second kappa shape index (κ2) is 7.20. The minimum atomic E-state index is -1.66. The van der Waals surface area contributed by atoms with E-state index in [2.05, 4.69) is 20.8 Å². The first-order valence-electron chi connectivity index (χ1n) is 11.8. The summed E-state index contributed by atoms with van der Waals surface area (Å²) in [7, 11) is 0. The second-order valence-electron chi connectivity index (χ2n) is 11.6. The average molecular weight is 409 g/mol. The Balaban J connectivity index is 1.60. The van der Waals surface area contributed by atoms with Gasteiger partial charge in [-0.25, -0.2) is 0 Å². The highest BCUT2D eigenvalue weighted by Gasteiger charge is 2.66. The molecule has 4 aliphatic rings. The topological polar surface area (TPSA) is 98.0 Å². The van der Waals surface area contributed by atoms with Crippen molar-refractivity contribution in [3.8, 4) is 0 Å². The van der Waals surface area contributed by atoms with E-state index in [-0.39, 0.29) is 41.1 Å². The summed E-state index contributed by atoms with van der Waals surface area (Å²) in [5, 5.41) is 41.8. The van der Waals surface area contributed by atoms with Crippen molar-refractivity contribution in [2.45, 2.75) is 96.9 Å². The van der Waals surface area contributed by atoms with Crippen LogP contribution in [0, 0.1) is 46.3 Å². The molecule has 5 heteroatoms. The third kappa shape index (κ3) is 3.36. The molecule has 0 amide bonds. The van der Waals surface area contributed by atoms with Crippen LogP contribution in [0.3, 0.4) is 0 Å². The van der Waals surface area contributed by atoms with E-state index in [1.165, 1.54) is 0 Å². The van der Waals surface area contributed by atoms with Gasteiger partial charge in [0.05, 0.1) is 6.10 Å². The van der Waals surface area contributed by atoms with Crippen molar-refractivity contribution in [3.05, 3.63) is 0 Å². The van der Waals surface area contributed by atoms with Crippen LogP contribution in [0.5, 0.6) is 0 Å². The van der Waals surface area contributed by atoms with Crippen LogP contribution < -0.4 is 0 Å². The zero-order chi connectivity index (χ0) is 21.2. The van der Waals surface area contributed by atoms with Crippen molar-refractivity contribution in [3.63, 3.8) is 0 Å². The number of aliphatic hydroxyl groups excluding tert-OH is 1. The lowest BCUT2D eigenvalue weighted by atomic mass is 9.43. The van der Waals surface area contributed by atoms with Gasteiger partial charge in [0.25, 0.3) is 0 Å². The third-order valence-corrected chi connectivity index (χ3v) is 10.3. The number of carboxylic acids is 1. The predicted molar refractivity (Wildman–Crippen MR) is 110 cm³/mol. The van der Waals surface area contributed by atoms with Crippen molar-refractivity contribution in [1.29, 1.82) is 0 Å². The molecule has 0 bridgehead atoms. The molecular weight excluding hydrogens is 368 g/mol. The van der Waals surface area contributed by atoms with Gasteiger partial charge in [-0.1, -0.05) is 20.8 Å².